The van der Waals surface area contributed by atoms with E-state index in [-0.39, 0.29) is 11.7 Å². The van der Waals surface area contributed by atoms with Crippen LogP contribution in [0.2, 0.25) is 0 Å². The van der Waals surface area contributed by atoms with E-state index < -0.39 is 10.0 Å². The molecule has 0 aliphatic carbocycles. The average molecular weight is 361 g/mol. The van der Waals surface area contributed by atoms with Gasteiger partial charge in [0.25, 0.3) is 0 Å². The SMILES string of the molecule is Cc1cc(NS(=O)(=O)CC2CCCNC2)cc(C)c1Br. The number of hydrogen-bond donors (Lipinski definition) is 2. The second-order valence-electron chi connectivity index (χ2n) is 5.52. The molecule has 1 fully saturated rings. The lowest BCUT2D eigenvalue weighted by Crippen LogP contribution is -2.35. The highest BCUT2D eigenvalue weighted by Gasteiger charge is 2.21. The number of anilines is 1. The number of halogens is 1. The van der Waals surface area contributed by atoms with E-state index in [1.54, 1.807) is 0 Å². The van der Waals surface area contributed by atoms with Gasteiger partial charge in [-0.2, -0.15) is 0 Å². The van der Waals surface area contributed by atoms with Crippen LogP contribution in [0.3, 0.4) is 0 Å². The number of sulfonamides is 1. The first-order valence-electron chi connectivity index (χ1n) is 6.85. The molecule has 0 amide bonds. The van der Waals surface area contributed by atoms with Crippen molar-refractivity contribution in [3.8, 4) is 0 Å². The Hall–Kier alpha value is -0.590. The Morgan fingerprint density at radius 2 is 2.00 bits per heavy atom. The van der Waals surface area contributed by atoms with Gasteiger partial charge in [0.15, 0.2) is 0 Å². The summed E-state index contributed by atoms with van der Waals surface area (Å²) >= 11 is 3.49. The van der Waals surface area contributed by atoms with Crippen molar-refractivity contribution < 1.29 is 8.42 Å². The molecular weight excluding hydrogens is 340 g/mol. The maximum absolute atomic E-state index is 12.2. The fourth-order valence-corrected chi connectivity index (χ4v) is 4.30. The summed E-state index contributed by atoms with van der Waals surface area (Å²) in [6.07, 6.45) is 2.03. The van der Waals surface area contributed by atoms with Gasteiger partial charge in [0, 0.05) is 10.2 Å². The molecule has 1 aliphatic rings. The highest BCUT2D eigenvalue weighted by molar-refractivity contribution is 9.10. The largest absolute Gasteiger partial charge is 0.316 e. The lowest BCUT2D eigenvalue weighted by atomic mass is 10.0. The molecule has 0 bridgehead atoms. The number of rotatable bonds is 4. The zero-order valence-corrected chi connectivity index (χ0v) is 14.3. The Kier molecular flexibility index (Phi) is 5.09. The molecule has 1 aromatic rings. The van der Waals surface area contributed by atoms with Crippen molar-refractivity contribution in [2.24, 2.45) is 5.92 Å². The predicted octanol–water partition coefficient (Wildman–Crippen LogP) is 2.81. The van der Waals surface area contributed by atoms with Crippen LogP contribution in [0.15, 0.2) is 16.6 Å². The summed E-state index contributed by atoms with van der Waals surface area (Å²) < 4.78 is 28.2. The zero-order chi connectivity index (χ0) is 14.8. The molecule has 2 rings (SSSR count). The van der Waals surface area contributed by atoms with Gasteiger partial charge in [-0.15, -0.1) is 0 Å². The summed E-state index contributed by atoms with van der Waals surface area (Å²) in [5.74, 6) is 0.396. The molecular formula is C14H21BrN2O2S. The summed E-state index contributed by atoms with van der Waals surface area (Å²) in [7, 11) is -3.29. The summed E-state index contributed by atoms with van der Waals surface area (Å²) in [6.45, 7) is 5.70. The molecule has 0 radical (unpaired) electrons. The second-order valence-corrected chi connectivity index (χ2v) is 8.08. The van der Waals surface area contributed by atoms with Crippen molar-refractivity contribution in [3.63, 3.8) is 0 Å². The minimum Gasteiger partial charge on any atom is -0.316 e. The van der Waals surface area contributed by atoms with Crippen LogP contribution in [0.4, 0.5) is 5.69 Å². The lowest BCUT2D eigenvalue weighted by molar-refractivity contribution is 0.404. The van der Waals surface area contributed by atoms with Crippen LogP contribution in [0.25, 0.3) is 0 Å². The second kappa shape index (κ2) is 6.45. The standard InChI is InChI=1S/C14H21BrN2O2S/c1-10-6-13(7-11(2)14(10)15)17-20(18,19)9-12-4-3-5-16-8-12/h6-7,12,16-17H,3-5,8-9H2,1-2H3. The van der Waals surface area contributed by atoms with E-state index in [1.165, 1.54) is 0 Å². The van der Waals surface area contributed by atoms with Gasteiger partial charge in [0.05, 0.1) is 5.75 Å². The molecule has 1 heterocycles. The molecule has 0 saturated carbocycles. The Morgan fingerprint density at radius 1 is 1.35 bits per heavy atom. The minimum atomic E-state index is -3.29. The van der Waals surface area contributed by atoms with Crippen molar-refractivity contribution in [3.05, 3.63) is 27.7 Å². The van der Waals surface area contributed by atoms with Gasteiger partial charge in [-0.25, -0.2) is 8.42 Å². The van der Waals surface area contributed by atoms with Crippen LogP contribution >= 0.6 is 15.9 Å². The highest BCUT2D eigenvalue weighted by atomic mass is 79.9. The minimum absolute atomic E-state index is 0.189. The molecule has 1 aromatic carbocycles. The number of piperidine rings is 1. The zero-order valence-electron chi connectivity index (χ0n) is 11.9. The third kappa shape index (κ3) is 4.20. The van der Waals surface area contributed by atoms with E-state index in [2.05, 4.69) is 26.0 Å². The fourth-order valence-electron chi connectivity index (χ4n) is 2.60. The van der Waals surface area contributed by atoms with Crippen molar-refractivity contribution in [1.82, 2.24) is 5.32 Å². The van der Waals surface area contributed by atoms with E-state index in [4.69, 9.17) is 0 Å². The smallest absolute Gasteiger partial charge is 0.233 e. The summed E-state index contributed by atoms with van der Waals surface area (Å²) in [6, 6.07) is 3.71. The van der Waals surface area contributed by atoms with Gasteiger partial charge in [0.1, 0.15) is 0 Å². The van der Waals surface area contributed by atoms with Gasteiger partial charge >= 0.3 is 0 Å². The summed E-state index contributed by atoms with van der Waals surface area (Å²) in [4.78, 5) is 0. The number of benzene rings is 1. The van der Waals surface area contributed by atoms with Crippen LogP contribution < -0.4 is 10.0 Å². The molecule has 1 atom stereocenters. The maximum atomic E-state index is 12.2. The summed E-state index contributed by atoms with van der Waals surface area (Å²) in [5.41, 5.74) is 2.70. The van der Waals surface area contributed by atoms with Crippen LogP contribution in [-0.2, 0) is 10.0 Å². The van der Waals surface area contributed by atoms with Crippen molar-refractivity contribution >= 4 is 31.6 Å². The normalized spacial score (nSPS) is 19.9. The quantitative estimate of drug-likeness (QED) is 0.867. The van der Waals surface area contributed by atoms with Gasteiger partial charge < -0.3 is 5.32 Å². The molecule has 20 heavy (non-hydrogen) atoms. The Labute approximate surface area is 129 Å². The number of aryl methyl sites for hydroxylation is 2. The number of hydrogen-bond acceptors (Lipinski definition) is 3. The Bertz CT molecular complexity index is 558. The third-order valence-electron chi connectivity index (χ3n) is 3.56. The monoisotopic (exact) mass is 360 g/mol. The van der Waals surface area contributed by atoms with Crippen LogP contribution in [0, 0.1) is 19.8 Å². The van der Waals surface area contributed by atoms with E-state index in [0.717, 1.165) is 41.5 Å². The first kappa shape index (κ1) is 15.8. The topological polar surface area (TPSA) is 58.2 Å². The Morgan fingerprint density at radius 3 is 2.55 bits per heavy atom. The van der Waals surface area contributed by atoms with Gasteiger partial charge in [-0.3, -0.25) is 4.72 Å². The van der Waals surface area contributed by atoms with E-state index in [9.17, 15) is 8.42 Å². The van der Waals surface area contributed by atoms with E-state index in [1.807, 2.05) is 26.0 Å². The van der Waals surface area contributed by atoms with Crippen molar-refractivity contribution in [2.75, 3.05) is 23.6 Å². The van der Waals surface area contributed by atoms with Crippen molar-refractivity contribution in [1.29, 1.82) is 0 Å². The first-order valence-corrected chi connectivity index (χ1v) is 9.30. The van der Waals surface area contributed by atoms with Crippen LogP contribution in [0.1, 0.15) is 24.0 Å². The molecule has 0 spiro atoms. The molecule has 4 nitrogen and oxygen atoms in total. The van der Waals surface area contributed by atoms with E-state index in [0.29, 0.717) is 5.69 Å². The van der Waals surface area contributed by atoms with Gasteiger partial charge in [-0.1, -0.05) is 15.9 Å². The average Bonchev–Trinajstić information content (AvgIpc) is 2.36. The molecule has 2 N–H and O–H groups in total. The van der Waals surface area contributed by atoms with Crippen LogP contribution in [-0.4, -0.2) is 27.3 Å². The third-order valence-corrected chi connectivity index (χ3v) is 6.27. The summed E-state index contributed by atoms with van der Waals surface area (Å²) in [5, 5.41) is 3.25. The predicted molar refractivity (Wildman–Crippen MR) is 86.6 cm³/mol. The molecule has 0 aromatic heterocycles. The van der Waals surface area contributed by atoms with Crippen LogP contribution in [0.5, 0.6) is 0 Å². The van der Waals surface area contributed by atoms with Gasteiger partial charge in [-0.05, 0) is 69.0 Å². The molecule has 112 valence electrons. The van der Waals surface area contributed by atoms with Crippen molar-refractivity contribution in [2.45, 2.75) is 26.7 Å². The molecule has 1 unspecified atom stereocenters. The number of nitrogens with one attached hydrogen (secondary N) is 2. The molecule has 6 heteroatoms. The first-order chi connectivity index (χ1) is 9.37. The molecule has 1 saturated heterocycles. The Balaban J connectivity index is 2.07. The van der Waals surface area contributed by atoms with E-state index >= 15 is 0 Å². The van der Waals surface area contributed by atoms with Gasteiger partial charge in [0.2, 0.25) is 10.0 Å². The highest BCUT2D eigenvalue weighted by Crippen LogP contribution is 2.26. The maximum Gasteiger partial charge on any atom is 0.233 e. The fraction of sp³-hybridized carbons (Fsp3) is 0.571. The molecule has 1 aliphatic heterocycles. The lowest BCUT2D eigenvalue weighted by Gasteiger charge is -2.22.